The van der Waals surface area contributed by atoms with Crippen molar-refractivity contribution in [2.45, 2.75) is 40.0 Å². The summed E-state index contributed by atoms with van der Waals surface area (Å²) in [5.41, 5.74) is 0. The van der Waals surface area contributed by atoms with Gasteiger partial charge in [0.2, 0.25) is 0 Å². The van der Waals surface area contributed by atoms with E-state index in [1.165, 1.54) is 0 Å². The molecule has 0 aliphatic heterocycles. The molecule has 0 aromatic carbocycles. The number of carbonyl (C=O) groups is 2. The molecule has 5 heteroatoms. The molecule has 0 aromatic rings. The Hall–Kier alpha value is -1.26. The van der Waals surface area contributed by atoms with Crippen LogP contribution in [0.1, 0.15) is 40.0 Å². The second kappa shape index (κ2) is 8.84. The van der Waals surface area contributed by atoms with E-state index in [0.29, 0.717) is 19.5 Å². The number of carboxylic acid groups (broad SMARTS) is 1. The van der Waals surface area contributed by atoms with Crippen LogP contribution in [0, 0.1) is 5.92 Å². The predicted molar refractivity (Wildman–Crippen MR) is 67.0 cm³/mol. The largest absolute Gasteiger partial charge is 0.481 e. The van der Waals surface area contributed by atoms with Crippen LogP contribution in [0.15, 0.2) is 0 Å². The van der Waals surface area contributed by atoms with Crippen molar-refractivity contribution < 1.29 is 14.7 Å². The maximum Gasteiger partial charge on any atom is 0.317 e. The Bertz CT molecular complexity index is 244. The lowest BCUT2D eigenvalue weighted by Gasteiger charge is -2.21. The van der Waals surface area contributed by atoms with Crippen LogP contribution in [-0.4, -0.2) is 41.6 Å². The van der Waals surface area contributed by atoms with Crippen LogP contribution < -0.4 is 5.32 Å². The van der Waals surface area contributed by atoms with Gasteiger partial charge in [0.05, 0.1) is 5.92 Å². The second-order valence-corrected chi connectivity index (χ2v) is 4.19. The molecule has 0 heterocycles. The summed E-state index contributed by atoms with van der Waals surface area (Å²) < 4.78 is 0. The highest BCUT2D eigenvalue weighted by atomic mass is 16.4. The summed E-state index contributed by atoms with van der Waals surface area (Å²) in [6, 6.07) is -0.0986. The lowest BCUT2D eigenvalue weighted by atomic mass is 10.1. The highest BCUT2D eigenvalue weighted by Gasteiger charge is 2.13. The maximum atomic E-state index is 11.7. The Kier molecular flexibility index (Phi) is 8.19. The van der Waals surface area contributed by atoms with Crippen molar-refractivity contribution in [3.05, 3.63) is 0 Å². The molecule has 1 atom stereocenters. The van der Waals surface area contributed by atoms with Gasteiger partial charge in [0.25, 0.3) is 0 Å². The van der Waals surface area contributed by atoms with E-state index >= 15 is 0 Å². The third kappa shape index (κ3) is 6.81. The number of nitrogens with zero attached hydrogens (tertiary/aromatic N) is 1. The topological polar surface area (TPSA) is 69.6 Å². The van der Waals surface area contributed by atoms with Gasteiger partial charge < -0.3 is 15.3 Å². The van der Waals surface area contributed by atoms with Crippen LogP contribution in [0.25, 0.3) is 0 Å². The van der Waals surface area contributed by atoms with Crippen molar-refractivity contribution in [2.24, 2.45) is 5.92 Å². The van der Waals surface area contributed by atoms with E-state index in [-0.39, 0.29) is 6.03 Å². The first-order chi connectivity index (χ1) is 8.02. The molecule has 0 aromatic heterocycles. The fourth-order valence-electron chi connectivity index (χ4n) is 1.38. The molecule has 0 aliphatic carbocycles. The Labute approximate surface area is 103 Å². The number of carboxylic acids is 1. The minimum Gasteiger partial charge on any atom is -0.481 e. The van der Waals surface area contributed by atoms with Gasteiger partial charge in [0.15, 0.2) is 0 Å². The average Bonchev–Trinajstić information content (AvgIpc) is 2.29. The lowest BCUT2D eigenvalue weighted by Crippen LogP contribution is -2.41. The standard InChI is InChI=1S/C12H24N2O3/c1-4-6-9-14(5-2)12(17)13-8-7-10(3)11(15)16/h10H,4-9H2,1-3H3,(H,13,17)(H,15,16). The third-order valence-electron chi connectivity index (χ3n) is 2.73. The summed E-state index contributed by atoms with van der Waals surface area (Å²) in [5, 5.41) is 11.4. The zero-order valence-electron chi connectivity index (χ0n) is 11.0. The zero-order valence-corrected chi connectivity index (χ0v) is 11.0. The predicted octanol–water partition coefficient (Wildman–Crippen LogP) is 1.93. The molecule has 100 valence electrons. The first-order valence-electron chi connectivity index (χ1n) is 6.28. The van der Waals surface area contributed by atoms with E-state index in [4.69, 9.17) is 5.11 Å². The van der Waals surface area contributed by atoms with Crippen molar-refractivity contribution in [3.8, 4) is 0 Å². The monoisotopic (exact) mass is 244 g/mol. The molecular formula is C12H24N2O3. The fraction of sp³-hybridized carbons (Fsp3) is 0.833. The SMILES string of the molecule is CCCCN(CC)C(=O)NCCC(C)C(=O)O. The van der Waals surface area contributed by atoms with Crippen molar-refractivity contribution in [2.75, 3.05) is 19.6 Å². The van der Waals surface area contributed by atoms with Crippen LogP contribution in [0.3, 0.4) is 0 Å². The number of nitrogens with one attached hydrogen (secondary N) is 1. The summed E-state index contributed by atoms with van der Waals surface area (Å²) in [4.78, 5) is 24.0. The molecule has 1 unspecified atom stereocenters. The van der Waals surface area contributed by atoms with Crippen LogP contribution in [-0.2, 0) is 4.79 Å². The Morgan fingerprint density at radius 1 is 1.35 bits per heavy atom. The normalized spacial score (nSPS) is 11.9. The molecule has 0 radical (unpaired) electrons. The molecule has 2 amide bonds. The molecule has 5 nitrogen and oxygen atoms in total. The smallest absolute Gasteiger partial charge is 0.317 e. The fourth-order valence-corrected chi connectivity index (χ4v) is 1.38. The summed E-state index contributed by atoms with van der Waals surface area (Å²) in [6.07, 6.45) is 2.51. The molecule has 0 spiro atoms. The molecule has 0 bridgehead atoms. The summed E-state index contributed by atoms with van der Waals surface area (Å²) in [5.74, 6) is -1.24. The van der Waals surface area contributed by atoms with E-state index < -0.39 is 11.9 Å². The van der Waals surface area contributed by atoms with E-state index in [1.54, 1.807) is 11.8 Å². The molecule has 2 N–H and O–H groups in total. The Morgan fingerprint density at radius 3 is 2.47 bits per heavy atom. The number of urea groups is 1. The highest BCUT2D eigenvalue weighted by Crippen LogP contribution is 2.00. The molecule has 0 saturated heterocycles. The summed E-state index contributed by atoms with van der Waals surface area (Å²) >= 11 is 0. The van der Waals surface area contributed by atoms with Gasteiger partial charge in [-0.1, -0.05) is 20.3 Å². The maximum absolute atomic E-state index is 11.7. The van der Waals surface area contributed by atoms with Gasteiger partial charge in [-0.2, -0.15) is 0 Å². The zero-order chi connectivity index (χ0) is 13.3. The minimum atomic E-state index is -0.822. The first-order valence-corrected chi connectivity index (χ1v) is 6.28. The number of hydrogen-bond donors (Lipinski definition) is 2. The second-order valence-electron chi connectivity index (χ2n) is 4.19. The van der Waals surface area contributed by atoms with Gasteiger partial charge in [0.1, 0.15) is 0 Å². The summed E-state index contributed by atoms with van der Waals surface area (Å²) in [7, 11) is 0. The molecule has 0 aliphatic rings. The van der Waals surface area contributed by atoms with Gasteiger partial charge in [-0.15, -0.1) is 0 Å². The molecular weight excluding hydrogens is 220 g/mol. The number of amides is 2. The molecule has 0 saturated carbocycles. The lowest BCUT2D eigenvalue weighted by molar-refractivity contribution is -0.141. The van der Waals surface area contributed by atoms with Crippen molar-refractivity contribution in [1.29, 1.82) is 0 Å². The summed E-state index contributed by atoms with van der Waals surface area (Å²) in [6.45, 7) is 7.52. The van der Waals surface area contributed by atoms with Crippen LogP contribution >= 0.6 is 0 Å². The van der Waals surface area contributed by atoms with Crippen molar-refractivity contribution >= 4 is 12.0 Å². The van der Waals surface area contributed by atoms with Crippen LogP contribution in [0.4, 0.5) is 4.79 Å². The number of carbonyl (C=O) groups excluding carboxylic acids is 1. The first kappa shape index (κ1) is 15.7. The van der Waals surface area contributed by atoms with Crippen LogP contribution in [0.2, 0.25) is 0 Å². The van der Waals surface area contributed by atoms with Crippen molar-refractivity contribution in [1.82, 2.24) is 10.2 Å². The molecule has 0 rings (SSSR count). The van der Waals surface area contributed by atoms with E-state index in [0.717, 1.165) is 19.4 Å². The van der Waals surface area contributed by atoms with Crippen LogP contribution in [0.5, 0.6) is 0 Å². The Balaban J connectivity index is 3.86. The van der Waals surface area contributed by atoms with Gasteiger partial charge in [0, 0.05) is 19.6 Å². The molecule has 0 fully saturated rings. The minimum absolute atomic E-state index is 0.0986. The van der Waals surface area contributed by atoms with E-state index in [2.05, 4.69) is 12.2 Å². The number of unbranched alkanes of at least 4 members (excludes halogenated alkanes) is 1. The number of hydrogen-bond acceptors (Lipinski definition) is 2. The number of aliphatic carboxylic acids is 1. The van der Waals surface area contributed by atoms with E-state index in [1.807, 2.05) is 6.92 Å². The van der Waals surface area contributed by atoms with Gasteiger partial charge in [-0.05, 0) is 19.8 Å². The van der Waals surface area contributed by atoms with Crippen molar-refractivity contribution in [3.63, 3.8) is 0 Å². The van der Waals surface area contributed by atoms with Gasteiger partial charge in [-0.3, -0.25) is 4.79 Å². The third-order valence-corrected chi connectivity index (χ3v) is 2.73. The highest BCUT2D eigenvalue weighted by molar-refractivity contribution is 5.74. The molecule has 17 heavy (non-hydrogen) atoms. The van der Waals surface area contributed by atoms with E-state index in [9.17, 15) is 9.59 Å². The quantitative estimate of drug-likeness (QED) is 0.685. The average molecular weight is 244 g/mol. The number of rotatable bonds is 8. The van der Waals surface area contributed by atoms with Gasteiger partial charge in [-0.25, -0.2) is 4.79 Å². The van der Waals surface area contributed by atoms with Gasteiger partial charge >= 0.3 is 12.0 Å². The Morgan fingerprint density at radius 2 is 2.00 bits per heavy atom.